The summed E-state index contributed by atoms with van der Waals surface area (Å²) in [5, 5.41) is 13.7. The number of carbonyl (C=O) groups is 1. The first-order chi connectivity index (χ1) is 11.6. The molecular weight excluding hydrogens is 315 g/mol. The normalized spacial score (nSPS) is 11.0. The molecule has 0 fully saturated rings. The quantitative estimate of drug-likeness (QED) is 0.613. The lowest BCUT2D eigenvalue weighted by molar-refractivity contribution is 0.0699. The second kappa shape index (κ2) is 5.31. The predicted molar refractivity (Wildman–Crippen MR) is 81.9 cm³/mol. The van der Waals surface area contributed by atoms with Crippen LogP contribution in [-0.2, 0) is 0 Å². The zero-order valence-electron chi connectivity index (χ0n) is 12.1. The van der Waals surface area contributed by atoms with Crippen LogP contribution in [0.3, 0.4) is 0 Å². The Kier molecular flexibility index (Phi) is 3.13. The number of hydrogen-bond acceptors (Lipinski definition) is 5. The lowest BCUT2D eigenvalue weighted by Gasteiger charge is -2.04. The molecule has 0 aliphatic carbocycles. The van der Waals surface area contributed by atoms with Gasteiger partial charge in [0.1, 0.15) is 5.82 Å². The van der Waals surface area contributed by atoms with Crippen molar-refractivity contribution >= 4 is 17.1 Å². The van der Waals surface area contributed by atoms with Crippen molar-refractivity contribution in [2.45, 2.75) is 0 Å². The van der Waals surface area contributed by atoms with Crippen LogP contribution in [0.2, 0.25) is 0 Å². The van der Waals surface area contributed by atoms with Crippen molar-refractivity contribution in [2.24, 2.45) is 0 Å². The maximum absolute atomic E-state index is 13.1. The topological polar surface area (TPSA) is 89.4 Å². The molecule has 0 aliphatic rings. The Morgan fingerprint density at radius 1 is 1.17 bits per heavy atom. The van der Waals surface area contributed by atoms with Crippen molar-refractivity contribution < 1.29 is 23.2 Å². The fraction of sp³-hybridized carbons (Fsp3) is 0. The summed E-state index contributed by atoms with van der Waals surface area (Å²) in [6, 6.07) is 10.3. The monoisotopic (exact) mass is 324 g/mol. The standard InChI is InChI=1S/C17H9FN2O4/c18-10-5-3-9(4-6-10)12-8-11(17(21)22)14-15(13-2-1-7-23-13)20-24-16(14)19-12/h1-8H,(H,21,22). The molecule has 4 rings (SSSR count). The smallest absolute Gasteiger partial charge is 0.336 e. The van der Waals surface area contributed by atoms with E-state index in [0.29, 0.717) is 17.0 Å². The van der Waals surface area contributed by atoms with Gasteiger partial charge in [-0.15, -0.1) is 0 Å². The van der Waals surface area contributed by atoms with Gasteiger partial charge in [-0.25, -0.2) is 14.2 Å². The molecule has 4 aromatic rings. The van der Waals surface area contributed by atoms with E-state index in [0.717, 1.165) is 0 Å². The van der Waals surface area contributed by atoms with E-state index < -0.39 is 11.8 Å². The molecule has 0 saturated carbocycles. The van der Waals surface area contributed by atoms with Gasteiger partial charge in [-0.3, -0.25) is 0 Å². The Labute approximate surface area is 134 Å². The summed E-state index contributed by atoms with van der Waals surface area (Å²) < 4.78 is 23.5. The maximum Gasteiger partial charge on any atom is 0.336 e. The summed E-state index contributed by atoms with van der Waals surface area (Å²) >= 11 is 0. The molecular formula is C17H9FN2O4. The minimum absolute atomic E-state index is 0.0213. The van der Waals surface area contributed by atoms with Crippen molar-refractivity contribution in [1.29, 1.82) is 0 Å². The molecule has 0 amide bonds. The molecule has 24 heavy (non-hydrogen) atoms. The van der Waals surface area contributed by atoms with Gasteiger partial charge in [0.05, 0.1) is 22.9 Å². The summed E-state index contributed by atoms with van der Waals surface area (Å²) in [4.78, 5) is 16.0. The molecule has 1 aromatic carbocycles. The van der Waals surface area contributed by atoms with E-state index >= 15 is 0 Å². The Hall–Kier alpha value is -3.48. The number of carboxylic acids is 1. The van der Waals surface area contributed by atoms with Crippen molar-refractivity contribution in [3.8, 4) is 22.7 Å². The van der Waals surface area contributed by atoms with Crippen LogP contribution >= 0.6 is 0 Å². The third-order valence-electron chi connectivity index (χ3n) is 3.57. The third-order valence-corrected chi connectivity index (χ3v) is 3.57. The third kappa shape index (κ3) is 2.23. The number of fused-ring (bicyclic) bond motifs is 1. The highest BCUT2D eigenvalue weighted by Crippen LogP contribution is 2.32. The number of halogens is 1. The van der Waals surface area contributed by atoms with Crippen molar-refractivity contribution in [1.82, 2.24) is 10.1 Å². The van der Waals surface area contributed by atoms with Crippen molar-refractivity contribution in [3.05, 3.63) is 60.1 Å². The SMILES string of the molecule is O=C(O)c1cc(-c2ccc(F)cc2)nc2onc(-c3ccco3)c12. The van der Waals surface area contributed by atoms with Gasteiger partial charge in [-0.1, -0.05) is 5.16 Å². The Bertz CT molecular complexity index is 1040. The first kappa shape index (κ1) is 14.1. The highest BCUT2D eigenvalue weighted by molar-refractivity contribution is 6.07. The Morgan fingerprint density at radius 3 is 2.62 bits per heavy atom. The summed E-state index contributed by atoms with van der Waals surface area (Å²) in [6.07, 6.45) is 1.45. The number of pyridine rings is 1. The van der Waals surface area contributed by atoms with Gasteiger partial charge in [0.2, 0.25) is 0 Å². The molecule has 1 N–H and O–H groups in total. The average molecular weight is 324 g/mol. The largest absolute Gasteiger partial charge is 0.478 e. The molecule has 0 bridgehead atoms. The van der Waals surface area contributed by atoms with Gasteiger partial charge >= 0.3 is 5.97 Å². The fourth-order valence-corrected chi connectivity index (χ4v) is 2.47. The van der Waals surface area contributed by atoms with Crippen molar-refractivity contribution in [3.63, 3.8) is 0 Å². The minimum atomic E-state index is -1.15. The first-order valence-corrected chi connectivity index (χ1v) is 6.97. The van der Waals surface area contributed by atoms with Gasteiger partial charge < -0.3 is 14.0 Å². The first-order valence-electron chi connectivity index (χ1n) is 6.97. The fourth-order valence-electron chi connectivity index (χ4n) is 2.47. The molecule has 0 saturated heterocycles. The van der Waals surface area contributed by atoms with E-state index in [1.807, 2.05) is 0 Å². The Morgan fingerprint density at radius 2 is 1.96 bits per heavy atom. The van der Waals surface area contributed by atoms with Gasteiger partial charge in [0.15, 0.2) is 11.5 Å². The van der Waals surface area contributed by atoms with Crippen molar-refractivity contribution in [2.75, 3.05) is 0 Å². The van der Waals surface area contributed by atoms with Crippen LogP contribution in [0.1, 0.15) is 10.4 Å². The number of aromatic carboxylic acids is 1. The van der Waals surface area contributed by atoms with Gasteiger partial charge in [-0.05, 0) is 42.5 Å². The van der Waals surface area contributed by atoms with Gasteiger partial charge in [0, 0.05) is 5.56 Å². The van der Waals surface area contributed by atoms with Crippen LogP contribution in [-0.4, -0.2) is 21.2 Å². The lowest BCUT2D eigenvalue weighted by atomic mass is 10.0. The average Bonchev–Trinajstić information content (AvgIpc) is 3.23. The minimum Gasteiger partial charge on any atom is -0.478 e. The van der Waals surface area contributed by atoms with E-state index in [9.17, 15) is 14.3 Å². The number of furan rings is 1. The second-order valence-corrected chi connectivity index (χ2v) is 5.06. The highest BCUT2D eigenvalue weighted by Gasteiger charge is 2.22. The number of benzene rings is 1. The molecule has 0 spiro atoms. The molecule has 0 aliphatic heterocycles. The number of rotatable bonds is 3. The molecule has 0 atom stereocenters. The van der Waals surface area contributed by atoms with Crippen LogP contribution in [0, 0.1) is 5.82 Å². The van der Waals surface area contributed by atoms with E-state index in [-0.39, 0.29) is 22.4 Å². The number of nitrogens with zero attached hydrogens (tertiary/aromatic N) is 2. The number of carboxylic acid groups (broad SMARTS) is 1. The van der Waals surface area contributed by atoms with E-state index in [1.54, 1.807) is 12.1 Å². The summed E-state index contributed by atoms with van der Waals surface area (Å²) in [6.45, 7) is 0. The summed E-state index contributed by atoms with van der Waals surface area (Å²) in [5.41, 5.74) is 1.23. The van der Waals surface area contributed by atoms with E-state index in [2.05, 4.69) is 10.1 Å². The molecule has 3 heterocycles. The molecule has 0 radical (unpaired) electrons. The molecule has 6 nitrogen and oxygen atoms in total. The van der Waals surface area contributed by atoms with Crippen LogP contribution in [0.25, 0.3) is 33.8 Å². The van der Waals surface area contributed by atoms with Gasteiger partial charge in [0.25, 0.3) is 5.71 Å². The molecule has 7 heteroatoms. The molecule has 118 valence electrons. The van der Waals surface area contributed by atoms with E-state index in [4.69, 9.17) is 8.94 Å². The van der Waals surface area contributed by atoms with E-state index in [1.165, 1.54) is 36.6 Å². The molecule has 3 aromatic heterocycles. The zero-order valence-corrected chi connectivity index (χ0v) is 12.1. The van der Waals surface area contributed by atoms with Crippen LogP contribution < -0.4 is 0 Å². The molecule has 0 unspecified atom stereocenters. The Balaban J connectivity index is 1.97. The zero-order chi connectivity index (χ0) is 16.7. The maximum atomic E-state index is 13.1. The van der Waals surface area contributed by atoms with Crippen LogP contribution in [0.4, 0.5) is 4.39 Å². The summed E-state index contributed by atoms with van der Waals surface area (Å²) in [5.74, 6) is -1.16. The predicted octanol–water partition coefficient (Wildman–Crippen LogP) is 3.99. The van der Waals surface area contributed by atoms with Gasteiger partial charge in [-0.2, -0.15) is 0 Å². The number of hydrogen-bond donors (Lipinski definition) is 1. The highest BCUT2D eigenvalue weighted by atomic mass is 19.1. The van der Waals surface area contributed by atoms with Crippen LogP contribution in [0.15, 0.2) is 57.7 Å². The second-order valence-electron chi connectivity index (χ2n) is 5.06. The number of aromatic nitrogens is 2. The lowest BCUT2D eigenvalue weighted by Crippen LogP contribution is -2.00. The van der Waals surface area contributed by atoms with Crippen LogP contribution in [0.5, 0.6) is 0 Å². The summed E-state index contributed by atoms with van der Waals surface area (Å²) in [7, 11) is 0.